The number of ether oxygens (including phenoxy) is 1. The van der Waals surface area contributed by atoms with E-state index in [1.807, 2.05) is 0 Å². The molecule has 0 aliphatic carbocycles. The van der Waals surface area contributed by atoms with Gasteiger partial charge in [-0.25, -0.2) is 8.78 Å². The normalized spacial score (nSPS) is 10.2. The Morgan fingerprint density at radius 1 is 1.15 bits per heavy atom. The van der Waals surface area contributed by atoms with Crippen molar-refractivity contribution in [3.05, 3.63) is 51.5 Å². The van der Waals surface area contributed by atoms with Crippen molar-refractivity contribution < 1.29 is 13.5 Å². The lowest BCUT2D eigenvalue weighted by Gasteiger charge is -2.13. The number of benzene rings is 2. The molecular formula is C14H9BrF2N2O. The van der Waals surface area contributed by atoms with Gasteiger partial charge >= 0.3 is 0 Å². The Morgan fingerprint density at radius 2 is 1.75 bits per heavy atom. The van der Waals surface area contributed by atoms with Crippen molar-refractivity contribution in [1.29, 1.82) is 5.26 Å². The highest BCUT2D eigenvalue weighted by Crippen LogP contribution is 2.36. The number of aryl methyl sites for hydroxylation is 1. The van der Waals surface area contributed by atoms with Crippen LogP contribution in [0.4, 0.5) is 14.5 Å². The first-order valence-electron chi connectivity index (χ1n) is 5.55. The number of rotatable bonds is 2. The van der Waals surface area contributed by atoms with E-state index in [1.165, 1.54) is 0 Å². The van der Waals surface area contributed by atoms with Crippen LogP contribution in [0.25, 0.3) is 0 Å². The lowest BCUT2D eigenvalue weighted by atomic mass is 10.2. The first-order valence-corrected chi connectivity index (χ1v) is 6.34. The molecule has 0 atom stereocenters. The van der Waals surface area contributed by atoms with Crippen molar-refractivity contribution in [1.82, 2.24) is 0 Å². The molecular weight excluding hydrogens is 330 g/mol. The van der Waals surface area contributed by atoms with Gasteiger partial charge in [-0.05, 0) is 36.8 Å². The summed E-state index contributed by atoms with van der Waals surface area (Å²) in [7, 11) is 0. The summed E-state index contributed by atoms with van der Waals surface area (Å²) in [6, 6.07) is 6.76. The van der Waals surface area contributed by atoms with E-state index in [0.717, 1.165) is 16.6 Å². The van der Waals surface area contributed by atoms with Gasteiger partial charge in [-0.3, -0.25) is 0 Å². The first-order chi connectivity index (χ1) is 9.42. The van der Waals surface area contributed by atoms with Gasteiger partial charge in [0.1, 0.15) is 0 Å². The summed E-state index contributed by atoms with van der Waals surface area (Å²) in [6.07, 6.45) is 0. The minimum atomic E-state index is -0.955. The Hall–Kier alpha value is -2.13. The average Bonchev–Trinajstić information content (AvgIpc) is 2.35. The Bertz CT molecular complexity index is 680. The van der Waals surface area contributed by atoms with Crippen molar-refractivity contribution >= 4 is 21.6 Å². The maximum absolute atomic E-state index is 13.8. The van der Waals surface area contributed by atoms with E-state index in [9.17, 15) is 8.78 Å². The highest BCUT2D eigenvalue weighted by Gasteiger charge is 2.16. The average molecular weight is 339 g/mol. The molecule has 0 spiro atoms. The zero-order valence-electron chi connectivity index (χ0n) is 10.4. The van der Waals surface area contributed by atoms with E-state index in [4.69, 9.17) is 15.7 Å². The Kier molecular flexibility index (Phi) is 3.91. The SMILES string of the molecule is Cc1cc(Br)cc(N)c1Oc1c(F)cc(C#N)cc1F. The van der Waals surface area contributed by atoms with Gasteiger partial charge in [0.2, 0.25) is 0 Å². The second-order valence-corrected chi connectivity index (χ2v) is 5.04. The zero-order chi connectivity index (χ0) is 14.9. The molecule has 0 aliphatic heterocycles. The third kappa shape index (κ3) is 2.73. The fraction of sp³-hybridized carbons (Fsp3) is 0.0714. The molecule has 0 saturated heterocycles. The molecule has 0 radical (unpaired) electrons. The summed E-state index contributed by atoms with van der Waals surface area (Å²) in [4.78, 5) is 0. The maximum Gasteiger partial charge on any atom is 0.198 e. The fourth-order valence-electron chi connectivity index (χ4n) is 1.72. The number of nitrogens with zero attached hydrogens (tertiary/aromatic N) is 1. The minimum Gasteiger partial charge on any atom is -0.449 e. The Morgan fingerprint density at radius 3 is 2.25 bits per heavy atom. The molecule has 0 unspecified atom stereocenters. The third-order valence-electron chi connectivity index (χ3n) is 2.60. The monoisotopic (exact) mass is 338 g/mol. The molecule has 2 rings (SSSR count). The molecule has 0 heterocycles. The molecule has 6 heteroatoms. The van der Waals surface area contributed by atoms with Gasteiger partial charge in [-0.2, -0.15) is 5.26 Å². The van der Waals surface area contributed by atoms with Crippen LogP contribution in [-0.2, 0) is 0 Å². The second-order valence-electron chi connectivity index (χ2n) is 4.12. The van der Waals surface area contributed by atoms with E-state index >= 15 is 0 Å². The summed E-state index contributed by atoms with van der Waals surface area (Å²) in [5, 5.41) is 8.64. The van der Waals surface area contributed by atoms with Crippen LogP contribution in [0.1, 0.15) is 11.1 Å². The lowest BCUT2D eigenvalue weighted by molar-refractivity contribution is 0.406. The van der Waals surface area contributed by atoms with E-state index in [1.54, 1.807) is 25.1 Å². The van der Waals surface area contributed by atoms with Crippen LogP contribution < -0.4 is 10.5 Å². The Labute approximate surface area is 122 Å². The van der Waals surface area contributed by atoms with Gasteiger partial charge in [0.25, 0.3) is 0 Å². The number of nitriles is 1. The third-order valence-corrected chi connectivity index (χ3v) is 3.06. The van der Waals surface area contributed by atoms with Crippen LogP contribution in [0, 0.1) is 29.9 Å². The van der Waals surface area contributed by atoms with E-state index in [2.05, 4.69) is 15.9 Å². The molecule has 0 fully saturated rings. The van der Waals surface area contributed by atoms with Crippen LogP contribution >= 0.6 is 15.9 Å². The van der Waals surface area contributed by atoms with E-state index in [-0.39, 0.29) is 17.0 Å². The standard InChI is InChI=1S/C14H9BrF2N2O/c1-7-2-9(15)5-12(19)13(7)20-14-10(16)3-8(6-18)4-11(14)17/h2-5H,19H2,1H3. The number of anilines is 1. The van der Waals surface area contributed by atoms with Gasteiger partial charge in [0.05, 0.1) is 17.3 Å². The number of nitrogens with two attached hydrogens (primary N) is 1. The molecule has 0 aromatic heterocycles. The predicted octanol–water partition coefficient (Wildman–Crippen LogP) is 4.28. The van der Waals surface area contributed by atoms with Crippen LogP contribution in [-0.4, -0.2) is 0 Å². The summed E-state index contributed by atoms with van der Waals surface area (Å²) in [5.74, 6) is -2.32. The molecule has 20 heavy (non-hydrogen) atoms. The maximum atomic E-state index is 13.8. The highest BCUT2D eigenvalue weighted by atomic mass is 79.9. The molecule has 0 aliphatic rings. The molecule has 0 saturated carbocycles. The molecule has 2 N–H and O–H groups in total. The molecule has 102 valence electrons. The number of hydrogen-bond acceptors (Lipinski definition) is 3. The van der Waals surface area contributed by atoms with Crippen LogP contribution in [0.2, 0.25) is 0 Å². The number of hydrogen-bond donors (Lipinski definition) is 1. The smallest absolute Gasteiger partial charge is 0.198 e. The van der Waals surface area contributed by atoms with E-state index < -0.39 is 17.4 Å². The second kappa shape index (κ2) is 5.47. The number of nitrogen functional groups attached to an aromatic ring is 1. The van der Waals surface area contributed by atoms with Crippen LogP contribution in [0.5, 0.6) is 11.5 Å². The van der Waals surface area contributed by atoms with Gasteiger partial charge < -0.3 is 10.5 Å². The zero-order valence-corrected chi connectivity index (χ0v) is 12.0. The predicted molar refractivity (Wildman–Crippen MR) is 74.4 cm³/mol. The van der Waals surface area contributed by atoms with Crippen molar-refractivity contribution in [3.63, 3.8) is 0 Å². The summed E-state index contributed by atoms with van der Waals surface area (Å²) in [5.41, 5.74) is 6.53. The van der Waals surface area contributed by atoms with Gasteiger partial charge in [0.15, 0.2) is 23.1 Å². The first kappa shape index (κ1) is 14.3. The molecule has 0 bridgehead atoms. The molecule has 3 nitrogen and oxygen atoms in total. The quantitative estimate of drug-likeness (QED) is 0.831. The minimum absolute atomic E-state index is 0.118. The van der Waals surface area contributed by atoms with E-state index in [0.29, 0.717) is 5.56 Å². The Balaban J connectivity index is 2.49. The van der Waals surface area contributed by atoms with Gasteiger partial charge in [0, 0.05) is 4.47 Å². The van der Waals surface area contributed by atoms with Gasteiger partial charge in [-0.1, -0.05) is 15.9 Å². The van der Waals surface area contributed by atoms with Crippen LogP contribution in [0.15, 0.2) is 28.7 Å². The highest BCUT2D eigenvalue weighted by molar-refractivity contribution is 9.10. The molecule has 2 aromatic carbocycles. The molecule has 0 amide bonds. The van der Waals surface area contributed by atoms with Gasteiger partial charge in [-0.15, -0.1) is 0 Å². The lowest BCUT2D eigenvalue weighted by Crippen LogP contribution is -1.99. The fourth-order valence-corrected chi connectivity index (χ4v) is 2.31. The number of halogens is 3. The van der Waals surface area contributed by atoms with Crippen molar-refractivity contribution in [2.45, 2.75) is 6.92 Å². The summed E-state index contributed by atoms with van der Waals surface area (Å²) < 4.78 is 33.5. The van der Waals surface area contributed by atoms with Crippen molar-refractivity contribution in [2.75, 3.05) is 5.73 Å². The topological polar surface area (TPSA) is 59.0 Å². The van der Waals surface area contributed by atoms with Crippen molar-refractivity contribution in [2.24, 2.45) is 0 Å². The van der Waals surface area contributed by atoms with Crippen molar-refractivity contribution in [3.8, 4) is 17.6 Å². The molecule has 2 aromatic rings. The summed E-state index contributed by atoms with van der Waals surface area (Å²) in [6.45, 7) is 1.70. The largest absolute Gasteiger partial charge is 0.449 e. The summed E-state index contributed by atoms with van der Waals surface area (Å²) >= 11 is 3.26. The van der Waals surface area contributed by atoms with Crippen LogP contribution in [0.3, 0.4) is 0 Å².